The molecule has 0 unspecified atom stereocenters. The summed E-state index contributed by atoms with van der Waals surface area (Å²) >= 11 is 0. The van der Waals surface area contributed by atoms with E-state index in [-0.39, 0.29) is 28.9 Å². The highest BCUT2D eigenvalue weighted by Gasteiger charge is 2.31. The molecular formula is C26H20F3NO4. The monoisotopic (exact) mass is 467 g/mol. The quantitative estimate of drug-likeness (QED) is 0.339. The van der Waals surface area contributed by atoms with E-state index in [2.05, 4.69) is 0 Å². The summed E-state index contributed by atoms with van der Waals surface area (Å²) in [6, 6.07) is 18.4. The first-order valence-electron chi connectivity index (χ1n) is 10.3. The molecule has 0 radical (unpaired) electrons. The summed E-state index contributed by atoms with van der Waals surface area (Å²) in [4.78, 5) is 26.2. The molecule has 174 valence electrons. The third kappa shape index (κ3) is 4.80. The minimum atomic E-state index is -4.54. The average Bonchev–Trinajstić information content (AvgIpc) is 2.79. The van der Waals surface area contributed by atoms with Crippen molar-refractivity contribution in [2.45, 2.75) is 12.6 Å². The molecule has 0 saturated carbocycles. The van der Waals surface area contributed by atoms with Gasteiger partial charge in [0.1, 0.15) is 11.3 Å². The lowest BCUT2D eigenvalue weighted by Gasteiger charge is -2.15. The Labute approximate surface area is 193 Å². The maximum absolute atomic E-state index is 13.4. The number of benzene rings is 3. The summed E-state index contributed by atoms with van der Waals surface area (Å²) < 4.78 is 51.1. The highest BCUT2D eigenvalue weighted by atomic mass is 19.4. The highest BCUT2D eigenvalue weighted by Crippen LogP contribution is 2.37. The smallest absolute Gasteiger partial charge is 0.416 e. The van der Waals surface area contributed by atoms with Crippen LogP contribution in [0.15, 0.2) is 82.0 Å². The second-order valence-corrected chi connectivity index (χ2v) is 7.90. The number of amides is 1. The molecule has 4 aromatic rings. The molecule has 1 amide bonds. The molecule has 5 nitrogen and oxygen atoms in total. The first-order valence-corrected chi connectivity index (χ1v) is 10.3. The highest BCUT2D eigenvalue weighted by molar-refractivity contribution is 5.96. The number of hydrogen-bond acceptors (Lipinski definition) is 4. The second-order valence-electron chi connectivity index (χ2n) is 7.90. The lowest BCUT2D eigenvalue weighted by Crippen LogP contribution is -2.25. The van der Waals surface area contributed by atoms with Gasteiger partial charge in [-0.05, 0) is 35.4 Å². The lowest BCUT2D eigenvalue weighted by molar-refractivity contribution is -0.137. The van der Waals surface area contributed by atoms with Crippen LogP contribution in [0.4, 0.5) is 18.0 Å². The van der Waals surface area contributed by atoms with E-state index in [1.165, 1.54) is 43.3 Å². The van der Waals surface area contributed by atoms with Gasteiger partial charge in [-0.25, -0.2) is 9.59 Å². The van der Waals surface area contributed by atoms with E-state index in [9.17, 15) is 22.8 Å². The van der Waals surface area contributed by atoms with Crippen molar-refractivity contribution >= 4 is 17.1 Å². The van der Waals surface area contributed by atoms with E-state index < -0.39 is 23.5 Å². The van der Waals surface area contributed by atoms with Gasteiger partial charge in [0.25, 0.3) is 0 Å². The van der Waals surface area contributed by atoms with Crippen LogP contribution in [-0.2, 0) is 12.6 Å². The molecule has 0 saturated heterocycles. The molecule has 0 aliphatic rings. The molecule has 4 rings (SSSR count). The fourth-order valence-electron chi connectivity index (χ4n) is 3.62. The van der Waals surface area contributed by atoms with Crippen molar-refractivity contribution in [3.63, 3.8) is 0 Å². The van der Waals surface area contributed by atoms with Crippen molar-refractivity contribution in [3.8, 4) is 16.9 Å². The van der Waals surface area contributed by atoms with E-state index in [0.29, 0.717) is 10.9 Å². The van der Waals surface area contributed by atoms with Gasteiger partial charge in [0.2, 0.25) is 0 Å². The van der Waals surface area contributed by atoms with Gasteiger partial charge in [-0.3, -0.25) is 0 Å². The summed E-state index contributed by atoms with van der Waals surface area (Å²) in [6.45, 7) is 0. The Bertz CT molecular complexity index is 1410. The third-order valence-corrected chi connectivity index (χ3v) is 5.25. The van der Waals surface area contributed by atoms with Crippen molar-refractivity contribution in [2.24, 2.45) is 0 Å². The van der Waals surface area contributed by atoms with Crippen LogP contribution in [0.3, 0.4) is 0 Å². The molecule has 8 heteroatoms. The predicted octanol–water partition coefficient (Wildman–Crippen LogP) is 6.13. The maximum Gasteiger partial charge on any atom is 0.416 e. The van der Waals surface area contributed by atoms with Crippen LogP contribution in [0.5, 0.6) is 5.75 Å². The molecule has 0 bridgehead atoms. The summed E-state index contributed by atoms with van der Waals surface area (Å²) in [6.07, 6.45) is -5.00. The molecule has 0 atom stereocenters. The number of nitrogens with zero attached hydrogens (tertiary/aromatic N) is 1. The van der Waals surface area contributed by atoms with Gasteiger partial charge in [-0.2, -0.15) is 13.2 Å². The van der Waals surface area contributed by atoms with Gasteiger partial charge in [0.15, 0.2) is 0 Å². The fraction of sp³-hybridized carbons (Fsp3) is 0.154. The first-order chi connectivity index (χ1) is 16.1. The molecule has 3 aromatic carbocycles. The minimum absolute atomic E-state index is 0.0956. The van der Waals surface area contributed by atoms with Gasteiger partial charge in [-0.1, -0.05) is 42.5 Å². The summed E-state index contributed by atoms with van der Waals surface area (Å²) in [5.74, 6) is 0.139. The average molecular weight is 467 g/mol. The van der Waals surface area contributed by atoms with Crippen LogP contribution in [0, 0.1) is 0 Å². The number of carbonyl (C=O) groups is 1. The number of halogens is 3. The number of rotatable bonds is 4. The van der Waals surface area contributed by atoms with Gasteiger partial charge in [0.05, 0.1) is 11.1 Å². The van der Waals surface area contributed by atoms with E-state index in [4.69, 9.17) is 9.15 Å². The van der Waals surface area contributed by atoms with E-state index in [0.717, 1.165) is 17.7 Å². The van der Waals surface area contributed by atoms with Crippen LogP contribution in [0.25, 0.3) is 22.1 Å². The zero-order valence-electron chi connectivity index (χ0n) is 18.3. The van der Waals surface area contributed by atoms with Crippen molar-refractivity contribution < 1.29 is 27.1 Å². The Morgan fingerprint density at radius 3 is 2.38 bits per heavy atom. The zero-order chi connectivity index (χ0) is 24.5. The Hall–Kier alpha value is -4.07. The Kier molecular flexibility index (Phi) is 6.15. The van der Waals surface area contributed by atoms with Crippen LogP contribution in [0.1, 0.15) is 16.7 Å². The summed E-state index contributed by atoms with van der Waals surface area (Å²) in [5.41, 5.74) is 0.199. The topological polar surface area (TPSA) is 59.8 Å². The van der Waals surface area contributed by atoms with Crippen LogP contribution in [-0.4, -0.2) is 25.1 Å². The first kappa shape index (κ1) is 23.1. The number of alkyl halides is 3. The van der Waals surface area contributed by atoms with Gasteiger partial charge in [0, 0.05) is 37.5 Å². The second kappa shape index (κ2) is 9.05. The number of fused-ring (bicyclic) bond motifs is 1. The molecule has 0 fully saturated rings. The maximum atomic E-state index is 13.4. The van der Waals surface area contributed by atoms with E-state index in [1.54, 1.807) is 6.07 Å². The van der Waals surface area contributed by atoms with Crippen LogP contribution < -0.4 is 10.4 Å². The third-order valence-electron chi connectivity index (χ3n) is 5.25. The standard InChI is InChI=1S/C26H20F3NO4/c1-30(2)25(32)33-19-11-12-20-22(15-19)34-24(31)21(13-16-7-4-3-5-8-16)23(20)17-9-6-10-18(14-17)26(27,28)29/h3-12,14-15H,13H2,1-2H3. The van der Waals surface area contributed by atoms with Crippen molar-refractivity contribution in [3.05, 3.63) is 99.9 Å². The molecule has 0 spiro atoms. The van der Waals surface area contributed by atoms with Crippen LogP contribution in [0.2, 0.25) is 0 Å². The summed E-state index contributed by atoms with van der Waals surface area (Å²) in [5, 5.41) is 0.425. The number of carbonyl (C=O) groups excluding carboxylic acids is 1. The minimum Gasteiger partial charge on any atom is -0.422 e. The molecule has 1 heterocycles. The van der Waals surface area contributed by atoms with Gasteiger partial charge in [-0.15, -0.1) is 0 Å². The lowest BCUT2D eigenvalue weighted by atomic mass is 9.92. The van der Waals surface area contributed by atoms with Gasteiger partial charge >= 0.3 is 17.9 Å². The SMILES string of the molecule is CN(C)C(=O)Oc1ccc2c(-c3cccc(C(F)(F)F)c3)c(Cc3ccccc3)c(=O)oc2c1. The Morgan fingerprint density at radius 1 is 0.971 bits per heavy atom. The molecule has 0 N–H and O–H groups in total. The predicted molar refractivity (Wildman–Crippen MR) is 122 cm³/mol. The molecule has 34 heavy (non-hydrogen) atoms. The molecule has 0 aliphatic heterocycles. The van der Waals surface area contributed by atoms with Gasteiger partial charge < -0.3 is 14.1 Å². The fourth-order valence-corrected chi connectivity index (χ4v) is 3.62. The molecular weight excluding hydrogens is 447 g/mol. The van der Waals surface area contributed by atoms with Crippen LogP contribution >= 0.6 is 0 Å². The van der Waals surface area contributed by atoms with Crippen molar-refractivity contribution in [2.75, 3.05) is 14.1 Å². The molecule has 1 aromatic heterocycles. The van der Waals surface area contributed by atoms with Crippen molar-refractivity contribution in [1.82, 2.24) is 4.90 Å². The van der Waals surface area contributed by atoms with Crippen molar-refractivity contribution in [1.29, 1.82) is 0 Å². The van der Waals surface area contributed by atoms with E-state index >= 15 is 0 Å². The number of ether oxygens (including phenoxy) is 1. The zero-order valence-corrected chi connectivity index (χ0v) is 18.3. The summed E-state index contributed by atoms with van der Waals surface area (Å²) in [7, 11) is 3.04. The number of hydrogen-bond donors (Lipinski definition) is 0. The largest absolute Gasteiger partial charge is 0.422 e. The Balaban J connectivity index is 1.94. The molecule has 0 aliphatic carbocycles. The normalized spacial score (nSPS) is 11.4. The Morgan fingerprint density at radius 2 is 1.71 bits per heavy atom. The van der Waals surface area contributed by atoms with E-state index in [1.807, 2.05) is 30.3 Å².